The minimum Gasteiger partial charge on any atom is -0.507 e. The first-order valence-corrected chi connectivity index (χ1v) is 26.1. The zero-order valence-electron chi connectivity index (χ0n) is 43.9. The van der Waals surface area contributed by atoms with Crippen molar-refractivity contribution in [3.8, 4) is 17.2 Å². The second-order valence-electron chi connectivity index (χ2n) is 21.5. The molecule has 0 radical (unpaired) electrons. The van der Waals surface area contributed by atoms with Gasteiger partial charge in [0.05, 0.1) is 78.1 Å². The van der Waals surface area contributed by atoms with E-state index in [-0.39, 0.29) is 65.3 Å². The van der Waals surface area contributed by atoms with E-state index in [0.717, 1.165) is 0 Å². The van der Waals surface area contributed by atoms with Crippen LogP contribution in [0.3, 0.4) is 0 Å². The van der Waals surface area contributed by atoms with Crippen molar-refractivity contribution in [2.24, 2.45) is 11.8 Å². The van der Waals surface area contributed by atoms with Crippen LogP contribution in [-0.4, -0.2) is 222 Å². The lowest BCUT2D eigenvalue weighted by Crippen LogP contribution is -2.58. The first-order chi connectivity index (χ1) is 35.8. The van der Waals surface area contributed by atoms with E-state index in [9.17, 15) is 61.0 Å². The predicted octanol–water partition coefficient (Wildman–Crippen LogP) is -0.393. The van der Waals surface area contributed by atoms with E-state index in [1.807, 2.05) is 0 Å². The zero-order valence-corrected chi connectivity index (χ0v) is 43.9. The molecular weight excluding hydrogens is 1010 g/mol. The Bertz CT molecular complexity index is 2340. The maximum Gasteiger partial charge on any atom is 0.202 e. The van der Waals surface area contributed by atoms with Crippen LogP contribution >= 0.6 is 0 Å². The fourth-order valence-electron chi connectivity index (χ4n) is 11.3. The molecule has 5 heterocycles. The summed E-state index contributed by atoms with van der Waals surface area (Å²) >= 11 is 0. The number of Topliss-reactive ketones (excluding diaryl/α,β-unsaturated/α-hetero) is 2. The number of phenolic OH excluding ortho intramolecular Hbond substituents is 2. The number of phenols is 2. The highest BCUT2D eigenvalue weighted by Crippen LogP contribution is 2.47. The van der Waals surface area contributed by atoms with E-state index in [1.54, 1.807) is 34.6 Å². The Labute approximate surface area is 439 Å². The van der Waals surface area contributed by atoms with Gasteiger partial charge in [-0.25, -0.2) is 0 Å². The molecule has 2 aromatic carbocycles. The highest BCUT2D eigenvalue weighted by molar-refractivity contribution is 6.11. The summed E-state index contributed by atoms with van der Waals surface area (Å²) in [7, 11) is 1.18. The largest absolute Gasteiger partial charge is 0.507 e. The van der Waals surface area contributed by atoms with Crippen molar-refractivity contribution in [2.75, 3.05) is 7.11 Å². The molecule has 0 amide bonds. The van der Waals surface area contributed by atoms with Crippen molar-refractivity contribution in [3.05, 3.63) is 28.8 Å². The molecule has 1 aliphatic carbocycles. The highest BCUT2D eigenvalue weighted by Gasteiger charge is 2.51. The van der Waals surface area contributed by atoms with Gasteiger partial charge in [-0.15, -0.1) is 0 Å². The number of rotatable bonds is 15. The van der Waals surface area contributed by atoms with Gasteiger partial charge in [0.2, 0.25) is 6.29 Å². The fraction of sp³-hybridized carbons (Fsp3) is 0.769. The number of aliphatic hydroxyl groups excluding tert-OH is 9. The summed E-state index contributed by atoms with van der Waals surface area (Å²) < 4.78 is 66.4. The van der Waals surface area contributed by atoms with Crippen molar-refractivity contribution in [1.29, 1.82) is 0 Å². The van der Waals surface area contributed by atoms with E-state index in [4.69, 9.17) is 52.1 Å². The van der Waals surface area contributed by atoms with Crippen LogP contribution in [0, 0.1) is 18.8 Å². The molecule has 24 nitrogen and oxygen atoms in total. The van der Waals surface area contributed by atoms with Gasteiger partial charge in [0.15, 0.2) is 36.7 Å². The first-order valence-electron chi connectivity index (χ1n) is 26.1. The third-order valence-electron chi connectivity index (χ3n) is 16.0. The molecule has 8 rings (SSSR count). The summed E-state index contributed by atoms with van der Waals surface area (Å²) in [6, 6.07) is 3.03. The number of benzene rings is 2. The fourth-order valence-corrected chi connectivity index (χ4v) is 11.3. The van der Waals surface area contributed by atoms with Gasteiger partial charge in [-0.05, 0) is 78.0 Å². The van der Waals surface area contributed by atoms with Gasteiger partial charge in [0.25, 0.3) is 0 Å². The zero-order chi connectivity index (χ0) is 55.5. The van der Waals surface area contributed by atoms with Crippen LogP contribution in [0.15, 0.2) is 12.1 Å². The molecule has 428 valence electrons. The maximum absolute atomic E-state index is 15.0. The van der Waals surface area contributed by atoms with Crippen LogP contribution in [0.4, 0.5) is 0 Å². The molecule has 6 aliphatic rings. The smallest absolute Gasteiger partial charge is 0.202 e. The van der Waals surface area contributed by atoms with Crippen molar-refractivity contribution < 1.29 is 118 Å². The summed E-state index contributed by atoms with van der Waals surface area (Å²) in [6.45, 7) is 12.3. The van der Waals surface area contributed by atoms with Crippen molar-refractivity contribution in [2.45, 2.75) is 235 Å². The number of carbonyl (C=O) groups excluding carboxylic acids is 2. The summed E-state index contributed by atoms with van der Waals surface area (Å²) in [5.74, 6) is -4.68. The van der Waals surface area contributed by atoms with Crippen LogP contribution in [0.5, 0.6) is 17.2 Å². The molecule has 0 spiro atoms. The predicted molar refractivity (Wildman–Crippen MR) is 259 cm³/mol. The van der Waals surface area contributed by atoms with E-state index in [1.165, 1.54) is 40.0 Å². The minimum atomic E-state index is -1.95. The Kier molecular flexibility index (Phi) is 18.4. The molecule has 26 atom stereocenters. The van der Waals surface area contributed by atoms with Gasteiger partial charge in [0, 0.05) is 50.2 Å². The molecule has 5 fully saturated rings. The molecule has 5 saturated heterocycles. The lowest BCUT2D eigenvalue weighted by molar-refractivity contribution is -0.339. The molecule has 0 saturated carbocycles. The van der Waals surface area contributed by atoms with E-state index in [0.29, 0.717) is 0 Å². The average Bonchev–Trinajstić information content (AvgIpc) is 3.37. The van der Waals surface area contributed by atoms with Gasteiger partial charge in [-0.2, -0.15) is 0 Å². The first kappa shape index (κ1) is 58.8. The van der Waals surface area contributed by atoms with Gasteiger partial charge in [-0.1, -0.05) is 6.92 Å². The number of hydrogen-bond donors (Lipinski definition) is 11. The second kappa shape index (κ2) is 23.8. The molecule has 2 aromatic rings. The van der Waals surface area contributed by atoms with Crippen LogP contribution < -0.4 is 4.74 Å². The molecule has 0 unspecified atom stereocenters. The number of ether oxygens (including phenoxy) is 11. The number of hydrogen-bond acceptors (Lipinski definition) is 24. The van der Waals surface area contributed by atoms with Crippen molar-refractivity contribution in [1.82, 2.24) is 0 Å². The van der Waals surface area contributed by atoms with Crippen LogP contribution in [0.25, 0.3) is 10.8 Å². The van der Waals surface area contributed by atoms with E-state index >= 15 is 4.79 Å². The monoisotopic (exact) mass is 1080 g/mol. The molecule has 0 aromatic heterocycles. The second-order valence-corrected chi connectivity index (χ2v) is 21.5. The number of methoxy groups -OCH3 is 1. The van der Waals surface area contributed by atoms with Gasteiger partial charge >= 0.3 is 0 Å². The molecule has 0 bridgehead atoms. The Morgan fingerprint density at radius 1 is 0.632 bits per heavy atom. The lowest BCUT2D eigenvalue weighted by atomic mass is 9.75. The average molecular weight is 1090 g/mol. The summed E-state index contributed by atoms with van der Waals surface area (Å²) in [5, 5.41) is 120. The molecule has 5 aliphatic heterocycles. The lowest BCUT2D eigenvalue weighted by Gasteiger charge is -2.46. The summed E-state index contributed by atoms with van der Waals surface area (Å²) in [4.78, 5) is 28.9. The van der Waals surface area contributed by atoms with Crippen LogP contribution in [-0.2, 0) is 58.6 Å². The third-order valence-corrected chi connectivity index (χ3v) is 16.0. The van der Waals surface area contributed by atoms with Crippen molar-refractivity contribution >= 4 is 22.3 Å². The van der Waals surface area contributed by atoms with Crippen LogP contribution in [0.1, 0.15) is 95.6 Å². The number of fused-ring (bicyclic) bond motifs is 2. The number of aliphatic hydroxyl groups is 9. The molecule has 24 heteroatoms. The van der Waals surface area contributed by atoms with E-state index < -0.39 is 182 Å². The van der Waals surface area contributed by atoms with Crippen LogP contribution in [0.2, 0.25) is 0 Å². The minimum absolute atomic E-state index is 0.0370. The third kappa shape index (κ3) is 11.8. The van der Waals surface area contributed by atoms with Gasteiger partial charge in [0.1, 0.15) is 66.1 Å². The Balaban J connectivity index is 1.04. The Morgan fingerprint density at radius 3 is 1.68 bits per heavy atom. The summed E-state index contributed by atoms with van der Waals surface area (Å²) in [6.07, 6.45) is -28.2. The van der Waals surface area contributed by atoms with Gasteiger partial charge < -0.3 is 108 Å². The number of ketones is 2. The summed E-state index contributed by atoms with van der Waals surface area (Å²) in [5.41, 5.74) is 0.0612. The Morgan fingerprint density at radius 2 is 1.13 bits per heavy atom. The van der Waals surface area contributed by atoms with Crippen molar-refractivity contribution in [3.63, 3.8) is 0 Å². The molecule has 11 N–H and O–H groups in total. The topological polar surface area (TPSA) is 358 Å². The molecule has 76 heavy (non-hydrogen) atoms. The molecular formula is C52H76O24. The van der Waals surface area contributed by atoms with Gasteiger partial charge in [-0.3, -0.25) is 9.59 Å². The normalized spacial score (nSPS) is 42.5. The quantitative estimate of drug-likeness (QED) is 0.108. The maximum atomic E-state index is 15.0. The number of carbonyl (C=O) groups is 2. The SMILES string of the molecule is CO[C@H](C(=O)[C@@H](O)[C@@H](C)O)[C@@H]1Cc2cc3cc(O[C@H]4C[C@@H](O[C@H]5C[C@@H](O)[C@H](O)[C@@H](C)O5)[C@H](O)[C@@H](C)O4)c(C)c(O)c3c(O)c2C(=O)[C@H]1O[C@H]1C[C@@H](O[C@H]2C[C@@H](O[C@@H]3O[C@H](C)[C@@H](O)[C@H](C)[C@H]3O)[C@H](O)[C@@H](C)O2)[C@H](O)[C@@H](C)O1. The Hall–Kier alpha value is -3.32. The highest BCUT2D eigenvalue weighted by atomic mass is 16.7. The number of aromatic hydroxyl groups is 2. The van der Waals surface area contributed by atoms with E-state index in [2.05, 4.69) is 0 Å². The standard InChI is InChI=1S/C52H76O24/c1-17-29(72-34-14-30(44(60)22(6)68-34)73-33-13-28(54)43(59)21(5)67-33)12-26-10-25-11-27(50(66-9)49(65)42(58)19(3)53)51(48(64)38(25)47(63)37(26)40(17)56)76-36-15-31(45(61)23(7)70-36)74-35-16-32(46(62)24(8)69-35)75-52-41(57)18(2)39(55)20(4)71-52/h10,12,18-24,27-28,30-36,39,41-46,50-63H,11,13-16H2,1-9H3/t18-,19+,20+,21+,22+,23+,24+,27-,28+,30+,31+,32+,33-,34-,35-,36-,39-,41+,42-,43+,44+,45+,46+,50-,51-,52-/m0/s1.